The van der Waals surface area contributed by atoms with Crippen LogP contribution in [0.3, 0.4) is 0 Å². The Labute approximate surface area is 136 Å². The zero-order valence-corrected chi connectivity index (χ0v) is 14.1. The molecule has 1 aromatic carbocycles. The molecule has 0 saturated heterocycles. The molecule has 0 amide bonds. The third kappa shape index (κ3) is 3.51. The van der Waals surface area contributed by atoms with Crippen LogP contribution < -0.4 is 0 Å². The fraction of sp³-hybridized carbons (Fsp3) is 0.333. The van der Waals surface area contributed by atoms with Gasteiger partial charge in [0.05, 0.1) is 17.6 Å². The van der Waals surface area contributed by atoms with E-state index in [-0.39, 0.29) is 0 Å². The van der Waals surface area contributed by atoms with Crippen LogP contribution in [0.2, 0.25) is 0 Å². The predicted octanol–water partition coefficient (Wildman–Crippen LogP) is 3.42. The lowest BCUT2D eigenvalue weighted by molar-refractivity contribution is 0.315. The van der Waals surface area contributed by atoms with E-state index in [0.29, 0.717) is 0 Å². The molecule has 23 heavy (non-hydrogen) atoms. The third-order valence-electron chi connectivity index (χ3n) is 3.96. The Hall–Kier alpha value is -2.40. The van der Waals surface area contributed by atoms with Gasteiger partial charge in [0.2, 0.25) is 0 Å². The molecule has 0 aliphatic heterocycles. The summed E-state index contributed by atoms with van der Waals surface area (Å²) in [6, 6.07) is 8.34. The highest BCUT2D eigenvalue weighted by Crippen LogP contribution is 2.16. The number of benzene rings is 1. The molecular formula is C18H22N4O. The molecular weight excluding hydrogens is 288 g/mol. The van der Waals surface area contributed by atoms with Crippen molar-refractivity contribution >= 4 is 0 Å². The van der Waals surface area contributed by atoms with Crippen molar-refractivity contribution in [3.8, 4) is 5.69 Å². The maximum atomic E-state index is 5.23. The first kappa shape index (κ1) is 15.5. The molecule has 0 unspecified atom stereocenters. The zero-order chi connectivity index (χ0) is 16.4. The Kier molecular flexibility index (Phi) is 4.30. The number of aryl methyl sites for hydroxylation is 3. The molecule has 120 valence electrons. The average Bonchev–Trinajstić information content (AvgIpc) is 3.09. The second-order valence-corrected chi connectivity index (χ2v) is 6.11. The minimum atomic E-state index is 0.816. The Bertz CT molecular complexity index is 783. The van der Waals surface area contributed by atoms with Crippen LogP contribution in [0.4, 0.5) is 0 Å². The van der Waals surface area contributed by atoms with Crippen LogP contribution >= 0.6 is 0 Å². The van der Waals surface area contributed by atoms with Crippen LogP contribution in [0.15, 0.2) is 41.2 Å². The van der Waals surface area contributed by atoms with E-state index in [0.717, 1.165) is 30.2 Å². The first-order valence-electron chi connectivity index (χ1n) is 7.74. The molecule has 0 spiro atoms. The summed E-state index contributed by atoms with van der Waals surface area (Å²) in [4.78, 5) is 2.24. The fourth-order valence-electron chi connectivity index (χ4n) is 2.72. The van der Waals surface area contributed by atoms with Gasteiger partial charge < -0.3 is 4.52 Å². The van der Waals surface area contributed by atoms with Crippen molar-refractivity contribution in [1.29, 1.82) is 0 Å². The van der Waals surface area contributed by atoms with Gasteiger partial charge in [0.25, 0.3) is 0 Å². The van der Waals surface area contributed by atoms with Crippen molar-refractivity contribution in [2.75, 3.05) is 7.05 Å². The summed E-state index contributed by atoms with van der Waals surface area (Å²) < 4.78 is 7.15. The van der Waals surface area contributed by atoms with Crippen molar-refractivity contribution in [1.82, 2.24) is 19.8 Å². The number of aromatic nitrogens is 3. The van der Waals surface area contributed by atoms with Crippen LogP contribution in [-0.2, 0) is 13.1 Å². The van der Waals surface area contributed by atoms with E-state index in [1.807, 2.05) is 24.7 Å². The summed E-state index contributed by atoms with van der Waals surface area (Å²) >= 11 is 0. The zero-order valence-electron chi connectivity index (χ0n) is 14.1. The van der Waals surface area contributed by atoms with Crippen molar-refractivity contribution in [3.63, 3.8) is 0 Å². The van der Waals surface area contributed by atoms with E-state index >= 15 is 0 Å². The summed E-state index contributed by atoms with van der Waals surface area (Å²) in [5.74, 6) is 0.893. The Balaban J connectivity index is 1.69. The molecule has 2 heterocycles. The van der Waals surface area contributed by atoms with Crippen molar-refractivity contribution in [2.24, 2.45) is 0 Å². The van der Waals surface area contributed by atoms with Gasteiger partial charge in [0.1, 0.15) is 5.76 Å². The molecule has 3 rings (SSSR count). The summed E-state index contributed by atoms with van der Waals surface area (Å²) in [5.41, 5.74) is 5.63. The first-order valence-corrected chi connectivity index (χ1v) is 7.74. The smallest absolute Gasteiger partial charge is 0.138 e. The van der Waals surface area contributed by atoms with Gasteiger partial charge in [-0.1, -0.05) is 17.3 Å². The molecule has 0 fully saturated rings. The molecule has 0 aliphatic rings. The van der Waals surface area contributed by atoms with E-state index in [9.17, 15) is 0 Å². The number of nitrogens with zero attached hydrogens (tertiary/aromatic N) is 4. The van der Waals surface area contributed by atoms with Crippen LogP contribution in [0.1, 0.15) is 28.1 Å². The average molecular weight is 310 g/mol. The minimum absolute atomic E-state index is 0.816. The van der Waals surface area contributed by atoms with Gasteiger partial charge in [-0.3, -0.25) is 4.90 Å². The maximum absolute atomic E-state index is 5.23. The van der Waals surface area contributed by atoms with Gasteiger partial charge in [-0.15, -0.1) is 0 Å². The van der Waals surface area contributed by atoms with Gasteiger partial charge in [-0.2, -0.15) is 5.10 Å². The lowest BCUT2D eigenvalue weighted by Crippen LogP contribution is -2.17. The Morgan fingerprint density at radius 1 is 1.17 bits per heavy atom. The summed E-state index contributed by atoms with van der Waals surface area (Å²) in [7, 11) is 2.09. The Morgan fingerprint density at radius 2 is 2.00 bits per heavy atom. The number of rotatable bonds is 5. The molecule has 5 nitrogen and oxygen atoms in total. The Morgan fingerprint density at radius 3 is 2.70 bits per heavy atom. The molecule has 0 saturated carbocycles. The second-order valence-electron chi connectivity index (χ2n) is 6.11. The quantitative estimate of drug-likeness (QED) is 0.724. The van der Waals surface area contributed by atoms with Gasteiger partial charge in [0, 0.05) is 30.4 Å². The van der Waals surface area contributed by atoms with Crippen molar-refractivity contribution < 1.29 is 4.52 Å². The molecule has 0 atom stereocenters. The van der Waals surface area contributed by atoms with E-state index in [4.69, 9.17) is 4.52 Å². The number of hydrogen-bond acceptors (Lipinski definition) is 4. The van der Waals surface area contributed by atoms with Gasteiger partial charge in [0.15, 0.2) is 0 Å². The normalized spacial score (nSPS) is 11.3. The monoisotopic (exact) mass is 310 g/mol. The lowest BCUT2D eigenvalue weighted by atomic mass is 10.2. The summed E-state index contributed by atoms with van der Waals surface area (Å²) in [6.07, 6.45) is 4.00. The maximum Gasteiger partial charge on any atom is 0.138 e. The van der Waals surface area contributed by atoms with E-state index in [1.165, 1.54) is 16.7 Å². The van der Waals surface area contributed by atoms with Crippen LogP contribution in [0, 0.1) is 20.8 Å². The molecule has 2 aromatic heterocycles. The molecule has 0 radical (unpaired) electrons. The van der Waals surface area contributed by atoms with Gasteiger partial charge >= 0.3 is 0 Å². The molecule has 0 aliphatic carbocycles. The standard InChI is InChI=1S/C18H22N4O/c1-13-6-5-7-17(8-13)22-11-16(9-19-22)10-21(4)12-18-14(2)20-23-15(18)3/h5-9,11H,10,12H2,1-4H3. The highest BCUT2D eigenvalue weighted by atomic mass is 16.5. The molecule has 0 N–H and O–H groups in total. The van der Waals surface area contributed by atoms with Crippen molar-refractivity contribution in [2.45, 2.75) is 33.9 Å². The van der Waals surface area contributed by atoms with Crippen LogP contribution in [-0.4, -0.2) is 26.9 Å². The van der Waals surface area contributed by atoms with E-state index in [2.05, 4.69) is 59.6 Å². The van der Waals surface area contributed by atoms with Crippen LogP contribution in [0.5, 0.6) is 0 Å². The summed E-state index contributed by atoms with van der Waals surface area (Å²) in [5, 5.41) is 8.48. The SMILES string of the molecule is Cc1cccc(-n2cc(CN(C)Cc3c(C)noc3C)cn2)c1. The first-order chi connectivity index (χ1) is 11.0. The van der Waals surface area contributed by atoms with E-state index in [1.54, 1.807) is 0 Å². The molecule has 0 bridgehead atoms. The highest BCUT2D eigenvalue weighted by molar-refractivity contribution is 5.35. The van der Waals surface area contributed by atoms with Gasteiger partial charge in [-0.25, -0.2) is 4.68 Å². The van der Waals surface area contributed by atoms with E-state index < -0.39 is 0 Å². The molecule has 5 heteroatoms. The minimum Gasteiger partial charge on any atom is -0.361 e. The second kappa shape index (κ2) is 6.38. The predicted molar refractivity (Wildman–Crippen MR) is 89.4 cm³/mol. The fourth-order valence-corrected chi connectivity index (χ4v) is 2.72. The lowest BCUT2D eigenvalue weighted by Gasteiger charge is -2.15. The summed E-state index contributed by atoms with van der Waals surface area (Å²) in [6.45, 7) is 7.67. The largest absolute Gasteiger partial charge is 0.361 e. The van der Waals surface area contributed by atoms with Gasteiger partial charge in [-0.05, 0) is 45.5 Å². The van der Waals surface area contributed by atoms with Crippen LogP contribution in [0.25, 0.3) is 5.69 Å². The van der Waals surface area contributed by atoms with Crippen molar-refractivity contribution in [3.05, 3.63) is 64.8 Å². The number of hydrogen-bond donors (Lipinski definition) is 0. The third-order valence-corrected chi connectivity index (χ3v) is 3.96. The molecule has 3 aromatic rings. The topological polar surface area (TPSA) is 47.1 Å². The highest BCUT2D eigenvalue weighted by Gasteiger charge is 2.12.